The SMILES string of the molecule is C=CC(=O)Nc1cccc(-c2ncc3ccn(CCOC)c3n2)c1. The summed E-state index contributed by atoms with van der Waals surface area (Å²) in [6.45, 7) is 4.80. The molecule has 0 aliphatic carbocycles. The average Bonchev–Trinajstić information content (AvgIpc) is 3.02. The van der Waals surface area contributed by atoms with Crippen molar-refractivity contribution in [3.63, 3.8) is 0 Å². The van der Waals surface area contributed by atoms with Crippen molar-refractivity contribution < 1.29 is 9.53 Å². The first kappa shape index (κ1) is 15.9. The minimum absolute atomic E-state index is 0.253. The fourth-order valence-electron chi connectivity index (χ4n) is 2.41. The maximum absolute atomic E-state index is 11.4. The molecule has 122 valence electrons. The summed E-state index contributed by atoms with van der Waals surface area (Å²) >= 11 is 0. The van der Waals surface area contributed by atoms with Crippen molar-refractivity contribution in [3.05, 3.63) is 55.4 Å². The van der Waals surface area contributed by atoms with Gasteiger partial charge in [0.25, 0.3) is 0 Å². The van der Waals surface area contributed by atoms with E-state index in [0.717, 1.165) is 23.1 Å². The zero-order valence-electron chi connectivity index (χ0n) is 13.4. The Labute approximate surface area is 139 Å². The van der Waals surface area contributed by atoms with E-state index in [9.17, 15) is 4.79 Å². The molecule has 0 unspecified atom stereocenters. The quantitative estimate of drug-likeness (QED) is 0.709. The second-order valence-corrected chi connectivity index (χ2v) is 5.25. The predicted molar refractivity (Wildman–Crippen MR) is 93.7 cm³/mol. The molecule has 2 aromatic heterocycles. The van der Waals surface area contributed by atoms with E-state index in [4.69, 9.17) is 4.74 Å². The lowest BCUT2D eigenvalue weighted by atomic mass is 10.2. The normalized spacial score (nSPS) is 10.7. The van der Waals surface area contributed by atoms with E-state index in [-0.39, 0.29) is 5.91 Å². The molecule has 0 aliphatic rings. The van der Waals surface area contributed by atoms with Crippen LogP contribution in [0.2, 0.25) is 0 Å². The van der Waals surface area contributed by atoms with Crippen LogP contribution in [0.25, 0.3) is 22.4 Å². The largest absolute Gasteiger partial charge is 0.383 e. The number of anilines is 1. The van der Waals surface area contributed by atoms with Gasteiger partial charge < -0.3 is 14.6 Å². The van der Waals surface area contributed by atoms with Gasteiger partial charge in [-0.3, -0.25) is 4.79 Å². The lowest BCUT2D eigenvalue weighted by molar-refractivity contribution is -0.111. The number of aromatic nitrogens is 3. The molecule has 1 aromatic carbocycles. The third-order valence-corrected chi connectivity index (χ3v) is 3.61. The van der Waals surface area contributed by atoms with Gasteiger partial charge in [0, 0.05) is 42.7 Å². The molecule has 0 aliphatic heterocycles. The van der Waals surface area contributed by atoms with Crippen LogP contribution < -0.4 is 5.32 Å². The van der Waals surface area contributed by atoms with Gasteiger partial charge in [-0.1, -0.05) is 18.7 Å². The van der Waals surface area contributed by atoms with E-state index < -0.39 is 0 Å². The molecule has 24 heavy (non-hydrogen) atoms. The number of carbonyl (C=O) groups excluding carboxylic acids is 1. The van der Waals surface area contributed by atoms with Crippen LogP contribution in [-0.2, 0) is 16.1 Å². The van der Waals surface area contributed by atoms with Crippen LogP contribution in [0.3, 0.4) is 0 Å². The van der Waals surface area contributed by atoms with Gasteiger partial charge in [-0.05, 0) is 24.3 Å². The molecule has 0 fully saturated rings. The molecule has 3 rings (SSSR count). The van der Waals surface area contributed by atoms with E-state index in [1.165, 1.54) is 6.08 Å². The zero-order valence-corrected chi connectivity index (χ0v) is 13.4. The Morgan fingerprint density at radius 2 is 2.29 bits per heavy atom. The maximum Gasteiger partial charge on any atom is 0.247 e. The second-order valence-electron chi connectivity index (χ2n) is 5.25. The number of benzene rings is 1. The third-order valence-electron chi connectivity index (χ3n) is 3.61. The highest BCUT2D eigenvalue weighted by molar-refractivity contribution is 5.99. The zero-order chi connectivity index (χ0) is 16.9. The summed E-state index contributed by atoms with van der Waals surface area (Å²) in [6.07, 6.45) is 5.01. The van der Waals surface area contributed by atoms with Gasteiger partial charge in [0.05, 0.1) is 6.61 Å². The number of carbonyl (C=O) groups is 1. The van der Waals surface area contributed by atoms with E-state index in [1.807, 2.05) is 41.1 Å². The lowest BCUT2D eigenvalue weighted by Crippen LogP contribution is -2.07. The van der Waals surface area contributed by atoms with Crippen LogP contribution in [0.1, 0.15) is 0 Å². The van der Waals surface area contributed by atoms with Crippen LogP contribution in [0.15, 0.2) is 55.4 Å². The van der Waals surface area contributed by atoms with Crippen molar-refractivity contribution in [2.24, 2.45) is 0 Å². The van der Waals surface area contributed by atoms with Gasteiger partial charge in [-0.25, -0.2) is 9.97 Å². The fraction of sp³-hybridized carbons (Fsp3) is 0.167. The van der Waals surface area contributed by atoms with E-state index >= 15 is 0 Å². The minimum atomic E-state index is -0.253. The summed E-state index contributed by atoms with van der Waals surface area (Å²) in [5, 5.41) is 3.72. The topological polar surface area (TPSA) is 69.0 Å². The monoisotopic (exact) mass is 322 g/mol. The number of hydrogen-bond donors (Lipinski definition) is 1. The fourth-order valence-corrected chi connectivity index (χ4v) is 2.41. The summed E-state index contributed by atoms with van der Waals surface area (Å²) < 4.78 is 7.16. The van der Waals surface area contributed by atoms with Crippen molar-refractivity contribution >= 4 is 22.6 Å². The third kappa shape index (κ3) is 3.33. The standard InChI is InChI=1S/C18H18N4O2/c1-3-16(23)20-15-6-4-5-13(11-15)17-19-12-14-7-8-22(9-10-24-2)18(14)21-17/h3-8,11-12H,1,9-10H2,2H3,(H,20,23). The molecule has 2 heterocycles. The number of nitrogens with one attached hydrogen (secondary N) is 1. The highest BCUT2D eigenvalue weighted by atomic mass is 16.5. The highest BCUT2D eigenvalue weighted by Gasteiger charge is 2.08. The van der Waals surface area contributed by atoms with E-state index in [1.54, 1.807) is 13.3 Å². The Balaban J connectivity index is 1.95. The first-order chi connectivity index (χ1) is 11.7. The van der Waals surface area contributed by atoms with Crippen LogP contribution in [0, 0.1) is 0 Å². The second kappa shape index (κ2) is 7.06. The lowest BCUT2D eigenvalue weighted by Gasteiger charge is -2.07. The smallest absolute Gasteiger partial charge is 0.247 e. The van der Waals surface area contributed by atoms with Gasteiger partial charge >= 0.3 is 0 Å². The number of amides is 1. The van der Waals surface area contributed by atoms with Gasteiger partial charge in [-0.15, -0.1) is 0 Å². The van der Waals surface area contributed by atoms with Crippen molar-refractivity contribution in [1.29, 1.82) is 0 Å². The summed E-state index contributed by atoms with van der Waals surface area (Å²) in [6, 6.07) is 9.39. The number of rotatable bonds is 6. The molecule has 6 nitrogen and oxygen atoms in total. The molecule has 0 radical (unpaired) electrons. The summed E-state index contributed by atoms with van der Waals surface area (Å²) in [4.78, 5) is 20.5. The van der Waals surface area contributed by atoms with Crippen LogP contribution >= 0.6 is 0 Å². The molecule has 0 saturated heterocycles. The first-order valence-electron chi connectivity index (χ1n) is 7.56. The van der Waals surface area contributed by atoms with Crippen molar-refractivity contribution in [3.8, 4) is 11.4 Å². The Morgan fingerprint density at radius 3 is 3.08 bits per heavy atom. The van der Waals surface area contributed by atoms with Gasteiger partial charge in [0.15, 0.2) is 5.82 Å². The molecule has 6 heteroatoms. The summed E-state index contributed by atoms with van der Waals surface area (Å²) in [5.74, 6) is 0.353. The molecule has 3 aromatic rings. The molecular weight excluding hydrogens is 304 g/mol. The van der Waals surface area contributed by atoms with Crippen LogP contribution in [0.4, 0.5) is 5.69 Å². The van der Waals surface area contributed by atoms with Crippen molar-refractivity contribution in [2.45, 2.75) is 6.54 Å². The van der Waals surface area contributed by atoms with Gasteiger partial charge in [0.1, 0.15) is 5.65 Å². The molecule has 1 N–H and O–H groups in total. The molecule has 1 amide bonds. The molecular formula is C18H18N4O2. The van der Waals surface area contributed by atoms with E-state index in [0.29, 0.717) is 18.1 Å². The molecule has 0 atom stereocenters. The van der Waals surface area contributed by atoms with Crippen LogP contribution in [0.5, 0.6) is 0 Å². The number of nitrogens with zero attached hydrogens (tertiary/aromatic N) is 3. The maximum atomic E-state index is 11.4. The number of ether oxygens (including phenoxy) is 1. The summed E-state index contributed by atoms with van der Waals surface area (Å²) in [7, 11) is 1.68. The Bertz CT molecular complexity index is 886. The van der Waals surface area contributed by atoms with E-state index in [2.05, 4.69) is 21.9 Å². The molecule has 0 spiro atoms. The van der Waals surface area contributed by atoms with Crippen molar-refractivity contribution in [1.82, 2.24) is 14.5 Å². The van der Waals surface area contributed by atoms with Crippen molar-refractivity contribution in [2.75, 3.05) is 19.0 Å². The number of fused-ring (bicyclic) bond motifs is 1. The summed E-state index contributed by atoms with van der Waals surface area (Å²) in [5.41, 5.74) is 2.37. The van der Waals surface area contributed by atoms with Gasteiger partial charge in [0.2, 0.25) is 5.91 Å². The number of hydrogen-bond acceptors (Lipinski definition) is 4. The Hall–Kier alpha value is -2.99. The highest BCUT2D eigenvalue weighted by Crippen LogP contribution is 2.22. The minimum Gasteiger partial charge on any atom is -0.383 e. The average molecular weight is 322 g/mol. The predicted octanol–water partition coefficient (Wildman–Crippen LogP) is 2.87. The first-order valence-corrected chi connectivity index (χ1v) is 7.56. The Morgan fingerprint density at radius 1 is 1.42 bits per heavy atom. The van der Waals surface area contributed by atoms with Crippen LogP contribution in [-0.4, -0.2) is 34.2 Å². The number of methoxy groups -OCH3 is 1. The van der Waals surface area contributed by atoms with Gasteiger partial charge in [-0.2, -0.15) is 0 Å². The Kier molecular flexibility index (Phi) is 4.67. The molecule has 0 saturated carbocycles. The molecule has 0 bridgehead atoms.